The van der Waals surface area contributed by atoms with E-state index in [0.717, 1.165) is 42.5 Å². The summed E-state index contributed by atoms with van der Waals surface area (Å²) in [5.41, 5.74) is 2.32. The van der Waals surface area contributed by atoms with Crippen LogP contribution >= 0.6 is 0 Å². The summed E-state index contributed by atoms with van der Waals surface area (Å²) in [5, 5.41) is 8.00. The Balaban J connectivity index is 2.05. The summed E-state index contributed by atoms with van der Waals surface area (Å²) in [6.45, 7) is 7.23. The maximum atomic E-state index is 4.75. The average Bonchev–Trinajstić information content (AvgIpc) is 3.26. The summed E-state index contributed by atoms with van der Waals surface area (Å²) in [7, 11) is 0. The highest BCUT2D eigenvalue weighted by Crippen LogP contribution is 2.38. The number of hydrogen-bond donors (Lipinski definition) is 1. The van der Waals surface area contributed by atoms with Gasteiger partial charge in [-0.25, -0.2) is 14.6 Å². The maximum absolute atomic E-state index is 4.75. The molecule has 2 heterocycles. The summed E-state index contributed by atoms with van der Waals surface area (Å²) in [4.78, 5) is 9.38. The molecule has 1 aliphatic carbocycles. The zero-order valence-corrected chi connectivity index (χ0v) is 13.1. The smallest absolute Gasteiger partial charge is 0.159 e. The van der Waals surface area contributed by atoms with Crippen LogP contribution in [0.1, 0.15) is 56.7 Å². The molecule has 0 bridgehead atoms. The van der Waals surface area contributed by atoms with E-state index in [4.69, 9.17) is 10.1 Å². The van der Waals surface area contributed by atoms with Crippen LogP contribution in [0.2, 0.25) is 0 Å². The molecule has 2 aromatic heterocycles. The Morgan fingerprint density at radius 1 is 1.14 bits per heavy atom. The molecule has 112 valence electrons. The van der Waals surface area contributed by atoms with E-state index in [1.54, 1.807) is 0 Å². The van der Waals surface area contributed by atoms with Crippen LogP contribution in [0.15, 0.2) is 12.1 Å². The second-order valence-electron chi connectivity index (χ2n) is 5.52. The first-order valence-electron chi connectivity index (χ1n) is 7.96. The highest BCUT2D eigenvalue weighted by molar-refractivity contribution is 5.43. The largest absolute Gasteiger partial charge is 0.370 e. The van der Waals surface area contributed by atoms with Crippen molar-refractivity contribution in [2.75, 3.05) is 11.9 Å². The second-order valence-corrected chi connectivity index (χ2v) is 5.52. The van der Waals surface area contributed by atoms with E-state index in [1.807, 2.05) is 10.7 Å². The number of rotatable bonds is 6. The first kappa shape index (κ1) is 14.0. The van der Waals surface area contributed by atoms with Gasteiger partial charge in [0.05, 0.1) is 5.69 Å². The normalized spacial score (nSPS) is 14.4. The van der Waals surface area contributed by atoms with Gasteiger partial charge in [0.2, 0.25) is 0 Å². The van der Waals surface area contributed by atoms with Crippen molar-refractivity contribution in [3.05, 3.63) is 29.3 Å². The highest BCUT2D eigenvalue weighted by atomic mass is 15.3. The van der Waals surface area contributed by atoms with Gasteiger partial charge < -0.3 is 5.32 Å². The van der Waals surface area contributed by atoms with Crippen molar-refractivity contribution in [2.24, 2.45) is 0 Å². The summed E-state index contributed by atoms with van der Waals surface area (Å²) in [6, 6.07) is 4.17. The minimum atomic E-state index is 0.536. The molecule has 1 aliphatic rings. The van der Waals surface area contributed by atoms with E-state index in [0.29, 0.717) is 5.92 Å². The summed E-state index contributed by atoms with van der Waals surface area (Å²) in [6.07, 6.45) is 4.30. The standard InChI is InChI=1S/C16H23N5/c1-4-12-9-13(5-2)21(20-12)15-10-14(17-6-3)18-16(19-15)11-7-8-11/h9-11H,4-8H2,1-3H3,(H,17,18,19). The van der Waals surface area contributed by atoms with Crippen LogP contribution in [0.25, 0.3) is 5.82 Å². The molecule has 0 aromatic carbocycles. The number of nitrogens with zero attached hydrogens (tertiary/aromatic N) is 4. The van der Waals surface area contributed by atoms with Crippen LogP contribution < -0.4 is 5.32 Å². The number of nitrogens with one attached hydrogen (secondary N) is 1. The molecule has 0 saturated heterocycles. The first-order valence-corrected chi connectivity index (χ1v) is 7.96. The van der Waals surface area contributed by atoms with Gasteiger partial charge in [0.15, 0.2) is 5.82 Å². The van der Waals surface area contributed by atoms with Crippen molar-refractivity contribution in [2.45, 2.75) is 52.4 Å². The molecule has 0 amide bonds. The molecular weight excluding hydrogens is 262 g/mol. The molecule has 21 heavy (non-hydrogen) atoms. The summed E-state index contributed by atoms with van der Waals surface area (Å²) < 4.78 is 1.98. The van der Waals surface area contributed by atoms with Crippen molar-refractivity contribution in [3.63, 3.8) is 0 Å². The van der Waals surface area contributed by atoms with Crippen molar-refractivity contribution in [3.8, 4) is 5.82 Å². The fraction of sp³-hybridized carbons (Fsp3) is 0.562. The fourth-order valence-electron chi connectivity index (χ4n) is 2.45. The van der Waals surface area contributed by atoms with Gasteiger partial charge in [0.25, 0.3) is 0 Å². The molecule has 3 rings (SSSR count). The number of aryl methyl sites for hydroxylation is 2. The van der Waals surface area contributed by atoms with Crippen molar-refractivity contribution in [1.82, 2.24) is 19.7 Å². The van der Waals surface area contributed by atoms with Crippen molar-refractivity contribution < 1.29 is 0 Å². The molecule has 5 heteroatoms. The minimum Gasteiger partial charge on any atom is -0.370 e. The molecule has 1 N–H and O–H groups in total. The van der Waals surface area contributed by atoms with E-state index < -0.39 is 0 Å². The zero-order chi connectivity index (χ0) is 14.8. The zero-order valence-electron chi connectivity index (χ0n) is 13.1. The number of anilines is 1. The molecule has 1 saturated carbocycles. The van der Waals surface area contributed by atoms with Crippen molar-refractivity contribution in [1.29, 1.82) is 0 Å². The molecule has 0 aliphatic heterocycles. The van der Waals surface area contributed by atoms with Crippen molar-refractivity contribution >= 4 is 5.82 Å². The van der Waals surface area contributed by atoms with Crippen LogP contribution in [-0.2, 0) is 12.8 Å². The molecule has 2 aromatic rings. The Morgan fingerprint density at radius 3 is 2.57 bits per heavy atom. The lowest BCUT2D eigenvalue weighted by Crippen LogP contribution is -2.10. The van der Waals surface area contributed by atoms with E-state index >= 15 is 0 Å². The van der Waals surface area contributed by atoms with Crippen LogP contribution in [0.5, 0.6) is 0 Å². The lowest BCUT2D eigenvalue weighted by molar-refractivity contribution is 0.755. The Hall–Kier alpha value is -1.91. The van der Waals surface area contributed by atoms with Gasteiger partial charge >= 0.3 is 0 Å². The summed E-state index contributed by atoms with van der Waals surface area (Å²) >= 11 is 0. The SMILES string of the molecule is CCNc1cc(-n2nc(CC)cc2CC)nc(C2CC2)n1. The van der Waals surface area contributed by atoms with Gasteiger partial charge in [0.1, 0.15) is 11.6 Å². The van der Waals surface area contributed by atoms with E-state index in [9.17, 15) is 0 Å². The summed E-state index contributed by atoms with van der Waals surface area (Å²) in [5.74, 6) is 3.28. The molecule has 0 unspecified atom stereocenters. The van der Waals surface area contributed by atoms with Gasteiger partial charge in [0, 0.05) is 24.2 Å². The lowest BCUT2D eigenvalue weighted by atomic mass is 10.2. The molecule has 1 fully saturated rings. The third kappa shape index (κ3) is 2.91. The Morgan fingerprint density at radius 2 is 1.95 bits per heavy atom. The topological polar surface area (TPSA) is 55.6 Å². The van der Waals surface area contributed by atoms with Gasteiger partial charge in [-0.1, -0.05) is 13.8 Å². The quantitative estimate of drug-likeness (QED) is 0.886. The lowest BCUT2D eigenvalue weighted by Gasteiger charge is -2.10. The molecule has 0 spiro atoms. The minimum absolute atomic E-state index is 0.536. The first-order chi connectivity index (χ1) is 10.2. The van der Waals surface area contributed by atoms with Crippen LogP contribution in [0.4, 0.5) is 5.82 Å². The molecule has 0 atom stereocenters. The number of hydrogen-bond acceptors (Lipinski definition) is 4. The number of aromatic nitrogens is 4. The van der Waals surface area contributed by atoms with E-state index in [1.165, 1.54) is 18.5 Å². The van der Waals surface area contributed by atoms with Gasteiger partial charge in [-0.2, -0.15) is 5.10 Å². The Kier molecular flexibility index (Phi) is 3.90. The molecule has 5 nitrogen and oxygen atoms in total. The Labute approximate surface area is 125 Å². The molecular formula is C16H23N5. The fourth-order valence-corrected chi connectivity index (χ4v) is 2.45. The highest BCUT2D eigenvalue weighted by Gasteiger charge is 2.27. The molecule has 0 radical (unpaired) electrons. The predicted molar refractivity (Wildman–Crippen MR) is 84.0 cm³/mol. The van der Waals surface area contributed by atoms with Crippen LogP contribution in [-0.4, -0.2) is 26.3 Å². The van der Waals surface area contributed by atoms with E-state index in [2.05, 4.69) is 37.1 Å². The van der Waals surface area contributed by atoms with Gasteiger partial charge in [-0.3, -0.25) is 0 Å². The second kappa shape index (κ2) is 5.84. The van der Waals surface area contributed by atoms with Gasteiger partial charge in [-0.15, -0.1) is 0 Å². The Bertz CT molecular complexity index is 628. The maximum Gasteiger partial charge on any atom is 0.159 e. The third-order valence-corrected chi connectivity index (χ3v) is 3.81. The predicted octanol–water partition coefficient (Wildman–Crippen LogP) is 3.10. The third-order valence-electron chi connectivity index (χ3n) is 3.81. The monoisotopic (exact) mass is 285 g/mol. The van der Waals surface area contributed by atoms with Gasteiger partial charge in [-0.05, 0) is 38.7 Å². The average molecular weight is 285 g/mol. The van der Waals surface area contributed by atoms with E-state index in [-0.39, 0.29) is 0 Å². The van der Waals surface area contributed by atoms with Crippen LogP contribution in [0.3, 0.4) is 0 Å². The van der Waals surface area contributed by atoms with Crippen LogP contribution in [0, 0.1) is 0 Å².